The molecule has 0 aromatic rings. The molecule has 0 unspecified atom stereocenters. The van der Waals surface area contributed by atoms with Crippen molar-refractivity contribution in [3.63, 3.8) is 0 Å². The number of alkyl carbamates (subject to hydrolysis) is 1. The topological polar surface area (TPSA) is 118 Å². The van der Waals surface area contributed by atoms with E-state index in [-0.39, 0.29) is 13.0 Å². The lowest BCUT2D eigenvalue weighted by Crippen LogP contribution is -2.50. The highest BCUT2D eigenvalue weighted by Crippen LogP contribution is 2.27. The van der Waals surface area contributed by atoms with Gasteiger partial charge < -0.3 is 20.1 Å². The van der Waals surface area contributed by atoms with Crippen LogP contribution in [-0.4, -0.2) is 42.3 Å². The maximum absolute atomic E-state index is 11.9. The molecule has 1 aliphatic carbocycles. The predicted molar refractivity (Wildman–Crippen MR) is 89.4 cm³/mol. The van der Waals surface area contributed by atoms with E-state index in [2.05, 4.69) is 16.7 Å². The fourth-order valence-corrected chi connectivity index (χ4v) is 2.52. The Hall–Kier alpha value is -2.30. The van der Waals surface area contributed by atoms with Crippen LogP contribution in [0.15, 0.2) is 0 Å². The molecule has 0 spiro atoms. The first-order valence-corrected chi connectivity index (χ1v) is 8.50. The van der Waals surface area contributed by atoms with Gasteiger partial charge in [-0.1, -0.05) is 19.3 Å². The molecule has 1 saturated carbocycles. The molecule has 25 heavy (non-hydrogen) atoms. The largest absolute Gasteiger partial charge is 0.456 e. The molecule has 0 heterocycles. The molecule has 8 heteroatoms. The van der Waals surface area contributed by atoms with Crippen LogP contribution in [0.1, 0.15) is 59.3 Å². The summed E-state index contributed by atoms with van der Waals surface area (Å²) in [6.45, 7) is 4.82. The number of amides is 2. The summed E-state index contributed by atoms with van der Waals surface area (Å²) >= 11 is 0. The van der Waals surface area contributed by atoms with Gasteiger partial charge in [0.25, 0.3) is 5.91 Å². The number of rotatable bonds is 6. The van der Waals surface area contributed by atoms with Crippen LogP contribution in [-0.2, 0) is 19.1 Å². The summed E-state index contributed by atoms with van der Waals surface area (Å²) in [6, 6.07) is 2.17. The summed E-state index contributed by atoms with van der Waals surface area (Å²) < 4.78 is 9.89. The van der Waals surface area contributed by atoms with Gasteiger partial charge >= 0.3 is 12.1 Å². The highest BCUT2D eigenvalue weighted by Gasteiger charge is 2.33. The fraction of sp³-hybridized carbons (Fsp3) is 0.765. The summed E-state index contributed by atoms with van der Waals surface area (Å²) in [4.78, 5) is 34.9. The van der Waals surface area contributed by atoms with E-state index >= 15 is 0 Å². The van der Waals surface area contributed by atoms with Crippen molar-refractivity contribution < 1.29 is 23.9 Å². The highest BCUT2D eigenvalue weighted by atomic mass is 16.6. The Morgan fingerprint density at radius 2 is 1.80 bits per heavy atom. The molecule has 2 amide bonds. The minimum atomic E-state index is -0.847. The van der Waals surface area contributed by atoms with Crippen molar-refractivity contribution in [1.82, 2.24) is 10.6 Å². The van der Waals surface area contributed by atoms with Crippen LogP contribution < -0.4 is 10.6 Å². The van der Waals surface area contributed by atoms with Gasteiger partial charge in [0, 0.05) is 6.54 Å². The zero-order valence-corrected chi connectivity index (χ0v) is 15.1. The van der Waals surface area contributed by atoms with Gasteiger partial charge in [-0.3, -0.25) is 9.59 Å². The van der Waals surface area contributed by atoms with Crippen molar-refractivity contribution in [3.8, 4) is 6.07 Å². The highest BCUT2D eigenvalue weighted by molar-refractivity contribution is 5.81. The van der Waals surface area contributed by atoms with Crippen LogP contribution >= 0.6 is 0 Å². The zero-order chi connectivity index (χ0) is 18.9. The van der Waals surface area contributed by atoms with Crippen molar-refractivity contribution >= 4 is 18.0 Å². The van der Waals surface area contributed by atoms with Gasteiger partial charge in [0.15, 0.2) is 6.61 Å². The van der Waals surface area contributed by atoms with Crippen molar-refractivity contribution in [2.24, 2.45) is 0 Å². The summed E-state index contributed by atoms with van der Waals surface area (Å²) in [5.74, 6) is -1.10. The van der Waals surface area contributed by atoms with E-state index in [0.717, 1.165) is 19.3 Å². The molecule has 0 aromatic carbocycles. The number of nitrogens with one attached hydrogen (secondary N) is 2. The average molecular weight is 353 g/mol. The van der Waals surface area contributed by atoms with Crippen LogP contribution in [0.3, 0.4) is 0 Å². The summed E-state index contributed by atoms with van der Waals surface area (Å²) in [7, 11) is 0. The molecule has 0 aliphatic heterocycles. The first-order valence-electron chi connectivity index (χ1n) is 8.50. The second-order valence-corrected chi connectivity index (χ2v) is 7.14. The van der Waals surface area contributed by atoms with Crippen molar-refractivity contribution in [2.45, 2.75) is 70.4 Å². The molecule has 1 aliphatic rings. The Bertz CT molecular complexity index is 527. The smallest absolute Gasteiger partial charge is 0.407 e. The first kappa shape index (κ1) is 20.7. The molecule has 8 nitrogen and oxygen atoms in total. The molecular formula is C17H27N3O5. The number of hydrogen-bond acceptors (Lipinski definition) is 6. The van der Waals surface area contributed by atoms with Crippen LogP contribution in [0.2, 0.25) is 0 Å². The normalized spacial score (nSPS) is 16.2. The minimum absolute atomic E-state index is 0.0531. The van der Waals surface area contributed by atoms with Crippen LogP contribution in [0.25, 0.3) is 0 Å². The van der Waals surface area contributed by atoms with Crippen LogP contribution in [0.4, 0.5) is 4.79 Å². The Kier molecular flexibility index (Phi) is 7.68. The molecule has 1 fully saturated rings. The van der Waals surface area contributed by atoms with Gasteiger partial charge in [0.2, 0.25) is 0 Å². The lowest BCUT2D eigenvalue weighted by molar-refractivity contribution is -0.148. The van der Waals surface area contributed by atoms with E-state index in [1.165, 1.54) is 0 Å². The van der Waals surface area contributed by atoms with Gasteiger partial charge in [-0.05, 0) is 33.6 Å². The molecule has 2 N–H and O–H groups in total. The van der Waals surface area contributed by atoms with Crippen molar-refractivity contribution in [1.29, 1.82) is 5.26 Å². The van der Waals surface area contributed by atoms with E-state index in [0.29, 0.717) is 12.8 Å². The molecular weight excluding hydrogens is 326 g/mol. The van der Waals surface area contributed by atoms with E-state index in [1.54, 1.807) is 20.8 Å². The first-order chi connectivity index (χ1) is 11.7. The van der Waals surface area contributed by atoms with E-state index in [9.17, 15) is 19.6 Å². The predicted octanol–water partition coefficient (Wildman–Crippen LogP) is 1.79. The monoisotopic (exact) mass is 353 g/mol. The quantitative estimate of drug-likeness (QED) is 0.703. The third-order valence-electron chi connectivity index (χ3n) is 3.66. The molecule has 0 radical (unpaired) electrons. The molecule has 1 rings (SSSR count). The van der Waals surface area contributed by atoms with E-state index < -0.39 is 35.7 Å². The SMILES string of the molecule is CC(C)(C)OC(=O)NCCC(=O)OCC(=O)NC1(C#N)CCCCC1. The number of hydrogen-bond donors (Lipinski definition) is 2. The summed E-state index contributed by atoms with van der Waals surface area (Å²) in [5, 5.41) is 14.4. The second-order valence-electron chi connectivity index (χ2n) is 7.14. The number of carbonyl (C=O) groups is 3. The van der Waals surface area contributed by atoms with E-state index in [1.807, 2.05) is 0 Å². The molecule has 0 aromatic heterocycles. The number of ether oxygens (including phenoxy) is 2. The van der Waals surface area contributed by atoms with Crippen molar-refractivity contribution in [3.05, 3.63) is 0 Å². The number of nitriles is 1. The van der Waals surface area contributed by atoms with Gasteiger partial charge in [0.05, 0.1) is 12.5 Å². The molecule has 0 saturated heterocycles. The van der Waals surface area contributed by atoms with Gasteiger partial charge in [-0.15, -0.1) is 0 Å². The van der Waals surface area contributed by atoms with Crippen LogP contribution in [0, 0.1) is 11.3 Å². The Labute approximate surface area is 148 Å². The van der Waals surface area contributed by atoms with Gasteiger partial charge in [0.1, 0.15) is 11.1 Å². The third-order valence-corrected chi connectivity index (χ3v) is 3.66. The van der Waals surface area contributed by atoms with Gasteiger partial charge in [-0.25, -0.2) is 4.79 Å². The molecule has 0 bridgehead atoms. The lowest BCUT2D eigenvalue weighted by atomic mass is 9.83. The molecule has 140 valence electrons. The number of esters is 1. The zero-order valence-electron chi connectivity index (χ0n) is 15.1. The number of nitrogens with zero attached hydrogens (tertiary/aromatic N) is 1. The Balaban J connectivity index is 2.24. The maximum Gasteiger partial charge on any atom is 0.407 e. The maximum atomic E-state index is 11.9. The Morgan fingerprint density at radius 3 is 2.36 bits per heavy atom. The standard InChI is InChI=1S/C17H27N3O5/c1-16(2,3)25-15(23)19-10-7-14(22)24-11-13(21)20-17(12-18)8-5-4-6-9-17/h4-11H2,1-3H3,(H,19,23)(H,20,21). The summed E-state index contributed by atoms with van der Waals surface area (Å²) in [5.41, 5.74) is -1.46. The van der Waals surface area contributed by atoms with Gasteiger partial charge in [-0.2, -0.15) is 5.26 Å². The number of carbonyl (C=O) groups excluding carboxylic acids is 3. The van der Waals surface area contributed by atoms with Crippen molar-refractivity contribution in [2.75, 3.05) is 13.2 Å². The minimum Gasteiger partial charge on any atom is -0.456 e. The lowest BCUT2D eigenvalue weighted by Gasteiger charge is -2.31. The fourth-order valence-electron chi connectivity index (χ4n) is 2.52. The van der Waals surface area contributed by atoms with Crippen LogP contribution in [0.5, 0.6) is 0 Å². The molecule has 0 atom stereocenters. The second kappa shape index (κ2) is 9.25. The Morgan fingerprint density at radius 1 is 1.16 bits per heavy atom. The third kappa shape index (κ3) is 8.38. The average Bonchev–Trinajstić information content (AvgIpc) is 2.52. The van der Waals surface area contributed by atoms with E-state index in [4.69, 9.17) is 9.47 Å². The summed E-state index contributed by atoms with van der Waals surface area (Å²) in [6.07, 6.45) is 3.38.